The minimum absolute atomic E-state index is 0.0605. The molecule has 0 aliphatic carbocycles. The Labute approximate surface area is 218 Å². The molecular weight excluding hydrogens is 493 g/mol. The smallest absolute Gasteiger partial charge is 0.254 e. The molecule has 9 heteroatoms. The molecule has 1 amide bonds. The third kappa shape index (κ3) is 6.84. The van der Waals surface area contributed by atoms with Gasteiger partial charge in [0.05, 0.1) is 36.8 Å². The predicted molar refractivity (Wildman–Crippen MR) is 139 cm³/mol. The molecule has 0 radical (unpaired) electrons. The maximum atomic E-state index is 13.4. The van der Waals surface area contributed by atoms with Gasteiger partial charge in [-0.05, 0) is 55.5 Å². The van der Waals surface area contributed by atoms with Crippen molar-refractivity contribution in [2.75, 3.05) is 13.2 Å². The van der Waals surface area contributed by atoms with Crippen molar-refractivity contribution >= 4 is 15.7 Å². The molecule has 1 unspecified atom stereocenters. The standard InChI is InChI=1S/C28H34FN3O4S/c1-20(2)16-31(27(33)23-10-6-21(3)7-11-23)17-25-15-30-28(32(25)18-26-5-4-14-36-26)37(34,35)19-22-8-12-24(29)13-9-22/h6-13,15,20,26H,4-5,14,16-19H2,1-3H3. The zero-order valence-corrected chi connectivity index (χ0v) is 22.4. The Morgan fingerprint density at radius 1 is 1.16 bits per heavy atom. The van der Waals surface area contributed by atoms with Crippen LogP contribution in [0, 0.1) is 18.7 Å². The van der Waals surface area contributed by atoms with Crippen molar-refractivity contribution in [3.05, 3.63) is 82.9 Å². The molecule has 1 aliphatic rings. The van der Waals surface area contributed by atoms with Crippen LogP contribution in [0.2, 0.25) is 0 Å². The zero-order chi connectivity index (χ0) is 26.6. The van der Waals surface area contributed by atoms with E-state index in [0.717, 1.165) is 18.4 Å². The van der Waals surface area contributed by atoms with E-state index in [1.807, 2.05) is 45.0 Å². The fourth-order valence-corrected chi connectivity index (χ4v) is 6.05. The van der Waals surface area contributed by atoms with Crippen molar-refractivity contribution in [3.63, 3.8) is 0 Å². The lowest BCUT2D eigenvalue weighted by atomic mass is 10.1. The van der Waals surface area contributed by atoms with Gasteiger partial charge in [-0.3, -0.25) is 4.79 Å². The number of ether oxygens (including phenoxy) is 1. The molecule has 1 fully saturated rings. The molecule has 1 saturated heterocycles. The lowest BCUT2D eigenvalue weighted by molar-refractivity contribution is 0.0711. The van der Waals surface area contributed by atoms with Gasteiger partial charge in [0.2, 0.25) is 15.0 Å². The van der Waals surface area contributed by atoms with Gasteiger partial charge >= 0.3 is 0 Å². The van der Waals surface area contributed by atoms with E-state index in [4.69, 9.17) is 4.74 Å². The van der Waals surface area contributed by atoms with Crippen LogP contribution in [0.1, 0.15) is 53.9 Å². The zero-order valence-electron chi connectivity index (χ0n) is 21.6. The summed E-state index contributed by atoms with van der Waals surface area (Å²) in [5.41, 5.74) is 2.76. The minimum Gasteiger partial charge on any atom is -0.376 e. The fraction of sp³-hybridized carbons (Fsp3) is 0.429. The van der Waals surface area contributed by atoms with Gasteiger partial charge in [-0.2, -0.15) is 0 Å². The molecule has 0 saturated carbocycles. The third-order valence-corrected chi connectivity index (χ3v) is 7.98. The summed E-state index contributed by atoms with van der Waals surface area (Å²) in [5.74, 6) is -0.625. The van der Waals surface area contributed by atoms with Crippen LogP contribution in [0.3, 0.4) is 0 Å². The number of rotatable bonds is 10. The monoisotopic (exact) mass is 527 g/mol. The molecule has 37 heavy (non-hydrogen) atoms. The Bertz CT molecular complexity index is 1310. The van der Waals surface area contributed by atoms with Gasteiger partial charge in [0, 0.05) is 18.7 Å². The highest BCUT2D eigenvalue weighted by Crippen LogP contribution is 2.23. The number of sulfone groups is 1. The minimum atomic E-state index is -3.84. The van der Waals surface area contributed by atoms with Crippen LogP contribution in [0.4, 0.5) is 4.39 Å². The van der Waals surface area contributed by atoms with Crippen LogP contribution < -0.4 is 0 Å². The van der Waals surface area contributed by atoms with Crippen LogP contribution in [-0.4, -0.2) is 48.0 Å². The number of hydrogen-bond donors (Lipinski definition) is 0. The Morgan fingerprint density at radius 2 is 1.86 bits per heavy atom. The normalized spacial score (nSPS) is 15.9. The number of carbonyl (C=O) groups excluding carboxylic acids is 1. The summed E-state index contributed by atoms with van der Waals surface area (Å²) < 4.78 is 47.7. The summed E-state index contributed by atoms with van der Waals surface area (Å²) in [6.45, 7) is 7.75. The summed E-state index contributed by atoms with van der Waals surface area (Å²) in [4.78, 5) is 19.5. The first-order valence-corrected chi connectivity index (χ1v) is 14.3. The number of hydrogen-bond acceptors (Lipinski definition) is 5. The van der Waals surface area contributed by atoms with Gasteiger partial charge < -0.3 is 14.2 Å². The van der Waals surface area contributed by atoms with Crippen molar-refractivity contribution < 1.29 is 22.3 Å². The SMILES string of the molecule is Cc1ccc(C(=O)N(Cc2cnc(S(=O)(=O)Cc3ccc(F)cc3)n2CC2CCCO2)CC(C)C)cc1. The molecule has 198 valence electrons. The number of amides is 1. The average molecular weight is 528 g/mol. The second-order valence-corrected chi connectivity index (χ2v) is 12.0. The molecular formula is C28H34FN3O4S. The predicted octanol–water partition coefficient (Wildman–Crippen LogP) is 4.78. The van der Waals surface area contributed by atoms with E-state index in [9.17, 15) is 17.6 Å². The molecule has 4 rings (SSSR count). The van der Waals surface area contributed by atoms with E-state index in [0.29, 0.717) is 36.5 Å². The number of imidazole rings is 1. The van der Waals surface area contributed by atoms with Crippen molar-refractivity contribution in [2.45, 2.75) is 63.7 Å². The van der Waals surface area contributed by atoms with Gasteiger partial charge in [-0.1, -0.05) is 43.7 Å². The third-order valence-electron chi connectivity index (χ3n) is 6.38. The summed E-state index contributed by atoms with van der Waals surface area (Å²) >= 11 is 0. The molecule has 1 aromatic heterocycles. The van der Waals surface area contributed by atoms with E-state index in [2.05, 4.69) is 4.98 Å². The summed E-state index contributed by atoms with van der Waals surface area (Å²) in [7, 11) is -3.84. The summed E-state index contributed by atoms with van der Waals surface area (Å²) in [6, 6.07) is 12.9. The van der Waals surface area contributed by atoms with Crippen molar-refractivity contribution in [3.8, 4) is 0 Å². The molecule has 1 atom stereocenters. The number of benzene rings is 2. The molecule has 1 aliphatic heterocycles. The van der Waals surface area contributed by atoms with Gasteiger partial charge in [0.15, 0.2) is 0 Å². The topological polar surface area (TPSA) is 81.5 Å². The first-order valence-electron chi connectivity index (χ1n) is 12.6. The highest BCUT2D eigenvalue weighted by Gasteiger charge is 2.28. The molecule has 2 aromatic carbocycles. The van der Waals surface area contributed by atoms with Gasteiger partial charge in [-0.25, -0.2) is 17.8 Å². The maximum Gasteiger partial charge on any atom is 0.254 e. The van der Waals surface area contributed by atoms with Crippen molar-refractivity contribution in [2.24, 2.45) is 5.92 Å². The first kappa shape index (κ1) is 27.0. The van der Waals surface area contributed by atoms with Gasteiger partial charge in [0.25, 0.3) is 5.91 Å². The lowest BCUT2D eigenvalue weighted by Gasteiger charge is -2.26. The highest BCUT2D eigenvalue weighted by atomic mass is 32.2. The molecule has 0 bridgehead atoms. The van der Waals surface area contributed by atoms with Crippen molar-refractivity contribution in [1.82, 2.24) is 14.5 Å². The second-order valence-electron chi connectivity index (χ2n) is 10.1. The largest absolute Gasteiger partial charge is 0.376 e. The van der Waals surface area contributed by atoms with E-state index in [-0.39, 0.29) is 35.4 Å². The first-order chi connectivity index (χ1) is 17.6. The van der Waals surface area contributed by atoms with Crippen LogP contribution in [0.5, 0.6) is 0 Å². The molecule has 3 aromatic rings. The molecule has 0 spiro atoms. The number of aryl methyl sites for hydroxylation is 1. The maximum absolute atomic E-state index is 13.4. The fourth-order valence-electron chi connectivity index (χ4n) is 4.55. The number of aromatic nitrogens is 2. The molecule has 2 heterocycles. The highest BCUT2D eigenvalue weighted by molar-refractivity contribution is 7.90. The van der Waals surface area contributed by atoms with Crippen LogP contribution in [-0.2, 0) is 33.4 Å². The Kier molecular flexibility index (Phi) is 8.44. The van der Waals surface area contributed by atoms with Crippen molar-refractivity contribution in [1.29, 1.82) is 0 Å². The number of halogens is 1. The number of carbonyl (C=O) groups is 1. The summed E-state index contributed by atoms with van der Waals surface area (Å²) in [6.07, 6.45) is 3.16. The van der Waals surface area contributed by atoms with E-state index < -0.39 is 15.7 Å². The lowest BCUT2D eigenvalue weighted by Crippen LogP contribution is -2.35. The second kappa shape index (κ2) is 11.6. The average Bonchev–Trinajstić information content (AvgIpc) is 3.51. The summed E-state index contributed by atoms with van der Waals surface area (Å²) in [5, 5.41) is -0.0605. The van der Waals surface area contributed by atoms with E-state index in [1.54, 1.807) is 15.7 Å². The van der Waals surface area contributed by atoms with Gasteiger partial charge in [-0.15, -0.1) is 0 Å². The van der Waals surface area contributed by atoms with E-state index >= 15 is 0 Å². The van der Waals surface area contributed by atoms with Crippen LogP contribution in [0.25, 0.3) is 0 Å². The molecule has 7 nitrogen and oxygen atoms in total. The quantitative estimate of drug-likeness (QED) is 0.379. The van der Waals surface area contributed by atoms with E-state index in [1.165, 1.54) is 24.3 Å². The van der Waals surface area contributed by atoms with Gasteiger partial charge in [0.1, 0.15) is 5.82 Å². The Morgan fingerprint density at radius 3 is 2.49 bits per heavy atom. The van der Waals surface area contributed by atoms with Crippen LogP contribution in [0.15, 0.2) is 59.9 Å². The Hall–Kier alpha value is -3.04. The number of nitrogens with zero attached hydrogens (tertiary/aromatic N) is 3. The Balaban J connectivity index is 1.67. The molecule has 0 N–H and O–H groups in total. The van der Waals surface area contributed by atoms with Crippen LogP contribution >= 0.6 is 0 Å².